The molecule has 0 bridgehead atoms. The van der Waals surface area contributed by atoms with Gasteiger partial charge in [0.15, 0.2) is 6.10 Å². The van der Waals surface area contributed by atoms with E-state index >= 15 is 0 Å². The highest BCUT2D eigenvalue weighted by molar-refractivity contribution is 6.12. The lowest BCUT2D eigenvalue weighted by Crippen LogP contribution is -2.24. The predicted octanol–water partition coefficient (Wildman–Crippen LogP) is 4.91. The average Bonchev–Trinajstić information content (AvgIpc) is 2.87. The highest BCUT2D eigenvalue weighted by atomic mass is 19.1. The number of hydrogen-bond donors (Lipinski definition) is 2. The van der Waals surface area contributed by atoms with Gasteiger partial charge >= 0.3 is 5.97 Å². The molecule has 0 aliphatic carbocycles. The number of oxime groups is 1. The molecule has 0 spiro atoms. The maximum absolute atomic E-state index is 13.1. The van der Waals surface area contributed by atoms with Crippen LogP contribution in [0, 0.1) is 17.7 Å². The van der Waals surface area contributed by atoms with Gasteiger partial charge in [0.25, 0.3) is 0 Å². The zero-order chi connectivity index (χ0) is 25.0. The van der Waals surface area contributed by atoms with Crippen LogP contribution < -0.4 is 4.74 Å². The standard InChI is InChI=1S/C28H26FNO5/c1-34-26(28(31)32)19-21-8-6-20(7-9-21)5-3-2-4-18-35-25-16-12-23(13-17-25)27(30-33)22-10-14-24(29)15-11-22/h6-17,26,33H,2,4,18-19H2,1H3,(H,31,32)/t26-/m0/s1. The highest BCUT2D eigenvalue weighted by Gasteiger charge is 2.16. The van der Waals surface area contributed by atoms with E-state index in [1.54, 1.807) is 36.4 Å². The van der Waals surface area contributed by atoms with Gasteiger partial charge in [-0.1, -0.05) is 29.1 Å². The number of methoxy groups -OCH3 is 1. The first-order valence-electron chi connectivity index (χ1n) is 11.0. The maximum atomic E-state index is 13.1. The fraction of sp³-hybridized carbons (Fsp3) is 0.214. The van der Waals surface area contributed by atoms with Crippen LogP contribution in [0.1, 0.15) is 35.1 Å². The molecule has 0 saturated heterocycles. The average molecular weight is 476 g/mol. The van der Waals surface area contributed by atoms with Gasteiger partial charge < -0.3 is 19.8 Å². The van der Waals surface area contributed by atoms with Crippen molar-refractivity contribution in [2.45, 2.75) is 25.4 Å². The molecule has 2 N–H and O–H groups in total. The lowest BCUT2D eigenvalue weighted by atomic mass is 10.0. The Morgan fingerprint density at radius 2 is 1.63 bits per heavy atom. The van der Waals surface area contributed by atoms with Gasteiger partial charge in [-0.15, -0.1) is 0 Å². The number of ether oxygens (including phenoxy) is 2. The molecule has 0 aliphatic rings. The fourth-order valence-corrected chi connectivity index (χ4v) is 3.32. The number of halogens is 1. The highest BCUT2D eigenvalue weighted by Crippen LogP contribution is 2.17. The Kier molecular flexibility index (Phi) is 9.40. The molecular weight excluding hydrogens is 449 g/mol. The minimum absolute atomic E-state index is 0.304. The number of carbonyl (C=O) groups is 1. The molecule has 0 amide bonds. The van der Waals surface area contributed by atoms with E-state index in [2.05, 4.69) is 17.0 Å². The summed E-state index contributed by atoms with van der Waals surface area (Å²) in [6.07, 6.45) is 0.858. The van der Waals surface area contributed by atoms with Gasteiger partial charge in [-0.25, -0.2) is 9.18 Å². The number of rotatable bonds is 10. The third-order valence-electron chi connectivity index (χ3n) is 5.23. The molecule has 6 nitrogen and oxygen atoms in total. The third-order valence-corrected chi connectivity index (χ3v) is 5.23. The topological polar surface area (TPSA) is 88.4 Å². The van der Waals surface area contributed by atoms with Crippen molar-refractivity contribution < 1.29 is 29.0 Å². The summed E-state index contributed by atoms with van der Waals surface area (Å²) in [7, 11) is 1.38. The van der Waals surface area contributed by atoms with Crippen LogP contribution in [0.25, 0.3) is 0 Å². The second-order valence-corrected chi connectivity index (χ2v) is 7.70. The fourth-order valence-electron chi connectivity index (χ4n) is 3.32. The van der Waals surface area contributed by atoms with Gasteiger partial charge in [-0.2, -0.15) is 0 Å². The number of carboxylic acid groups (broad SMARTS) is 1. The number of nitrogens with zero attached hydrogens (tertiary/aromatic N) is 1. The van der Waals surface area contributed by atoms with Gasteiger partial charge in [0.2, 0.25) is 0 Å². The summed E-state index contributed by atoms with van der Waals surface area (Å²) in [5, 5.41) is 21.8. The number of hydrogen-bond acceptors (Lipinski definition) is 5. The SMILES string of the molecule is CO[C@@H](Cc1ccc(C#CCCCOc2ccc(C(=NO)c3ccc(F)cc3)cc2)cc1)C(=O)O. The molecule has 0 saturated carbocycles. The number of carboxylic acids is 1. The van der Waals surface area contributed by atoms with E-state index in [1.807, 2.05) is 24.3 Å². The largest absolute Gasteiger partial charge is 0.494 e. The van der Waals surface area contributed by atoms with E-state index in [-0.39, 0.29) is 5.82 Å². The zero-order valence-corrected chi connectivity index (χ0v) is 19.3. The Balaban J connectivity index is 1.44. The van der Waals surface area contributed by atoms with Crippen molar-refractivity contribution in [3.63, 3.8) is 0 Å². The van der Waals surface area contributed by atoms with Crippen molar-refractivity contribution in [2.24, 2.45) is 5.16 Å². The number of benzene rings is 3. The molecule has 3 rings (SSSR count). The van der Waals surface area contributed by atoms with Gasteiger partial charge in [0.1, 0.15) is 17.3 Å². The molecular formula is C28H26FNO5. The first-order chi connectivity index (χ1) is 17.0. The van der Waals surface area contributed by atoms with Crippen LogP contribution in [0.4, 0.5) is 4.39 Å². The van der Waals surface area contributed by atoms with Gasteiger partial charge in [0.05, 0.1) is 6.61 Å². The molecule has 3 aromatic carbocycles. The molecule has 0 aromatic heterocycles. The normalized spacial score (nSPS) is 11.9. The summed E-state index contributed by atoms with van der Waals surface area (Å²) in [6, 6.07) is 20.3. The second kappa shape index (κ2) is 12.9. The van der Waals surface area contributed by atoms with E-state index in [0.717, 1.165) is 17.5 Å². The molecule has 1 atom stereocenters. The Labute approximate surface area is 203 Å². The summed E-state index contributed by atoms with van der Waals surface area (Å²) in [5.74, 6) is 5.55. The van der Waals surface area contributed by atoms with E-state index in [1.165, 1.54) is 19.2 Å². The number of aliphatic carboxylic acids is 1. The van der Waals surface area contributed by atoms with Crippen LogP contribution in [-0.2, 0) is 16.0 Å². The van der Waals surface area contributed by atoms with Crippen LogP contribution in [0.3, 0.4) is 0 Å². The molecule has 3 aromatic rings. The van der Waals surface area contributed by atoms with Crippen molar-refractivity contribution in [3.05, 3.63) is 101 Å². The van der Waals surface area contributed by atoms with Crippen LogP contribution in [-0.4, -0.2) is 41.8 Å². The molecule has 0 fully saturated rings. The maximum Gasteiger partial charge on any atom is 0.333 e. The summed E-state index contributed by atoms with van der Waals surface area (Å²) in [6.45, 7) is 0.499. The smallest absolute Gasteiger partial charge is 0.333 e. The van der Waals surface area contributed by atoms with Crippen molar-refractivity contribution in [1.82, 2.24) is 0 Å². The molecule has 0 radical (unpaired) electrons. The number of unbranched alkanes of at least 4 members (excludes halogenated alkanes) is 1. The lowest BCUT2D eigenvalue weighted by Gasteiger charge is -2.10. The van der Waals surface area contributed by atoms with Crippen molar-refractivity contribution >= 4 is 11.7 Å². The molecule has 0 heterocycles. The third kappa shape index (κ3) is 7.70. The van der Waals surface area contributed by atoms with Gasteiger partial charge in [0, 0.05) is 36.6 Å². The van der Waals surface area contributed by atoms with Gasteiger partial charge in [-0.05, 0) is 72.6 Å². The van der Waals surface area contributed by atoms with E-state index in [4.69, 9.17) is 14.6 Å². The summed E-state index contributed by atoms with van der Waals surface area (Å²) in [4.78, 5) is 11.1. The van der Waals surface area contributed by atoms with Gasteiger partial charge in [-0.3, -0.25) is 0 Å². The zero-order valence-electron chi connectivity index (χ0n) is 19.3. The second-order valence-electron chi connectivity index (χ2n) is 7.70. The lowest BCUT2D eigenvalue weighted by molar-refractivity contribution is -0.148. The van der Waals surface area contributed by atoms with E-state index in [9.17, 15) is 14.4 Å². The van der Waals surface area contributed by atoms with Crippen molar-refractivity contribution in [3.8, 4) is 17.6 Å². The Bertz CT molecular complexity index is 1190. The van der Waals surface area contributed by atoms with E-state index in [0.29, 0.717) is 42.0 Å². The minimum atomic E-state index is -0.983. The molecule has 0 unspecified atom stereocenters. The Morgan fingerprint density at radius 3 is 2.20 bits per heavy atom. The van der Waals surface area contributed by atoms with Crippen LogP contribution in [0.15, 0.2) is 78.0 Å². The summed E-state index contributed by atoms with van der Waals surface area (Å²) >= 11 is 0. The van der Waals surface area contributed by atoms with Crippen LogP contribution in [0.5, 0.6) is 5.75 Å². The molecule has 180 valence electrons. The molecule has 7 heteroatoms. The van der Waals surface area contributed by atoms with Crippen molar-refractivity contribution in [1.29, 1.82) is 0 Å². The minimum Gasteiger partial charge on any atom is -0.494 e. The quantitative estimate of drug-likeness (QED) is 0.143. The summed E-state index contributed by atoms with van der Waals surface area (Å²) < 4.78 is 23.8. The Hall–Kier alpha value is -4.15. The Morgan fingerprint density at radius 1 is 1.00 bits per heavy atom. The summed E-state index contributed by atoms with van der Waals surface area (Å²) in [5.41, 5.74) is 3.37. The van der Waals surface area contributed by atoms with Crippen molar-refractivity contribution in [2.75, 3.05) is 13.7 Å². The first-order valence-corrected chi connectivity index (χ1v) is 11.0. The van der Waals surface area contributed by atoms with Crippen LogP contribution in [0.2, 0.25) is 0 Å². The first kappa shape index (κ1) is 25.5. The monoisotopic (exact) mass is 475 g/mol. The van der Waals surface area contributed by atoms with E-state index < -0.39 is 12.1 Å². The molecule has 0 aliphatic heterocycles. The predicted molar refractivity (Wildman–Crippen MR) is 130 cm³/mol. The van der Waals surface area contributed by atoms with Crippen LogP contribution >= 0.6 is 0 Å². The molecule has 35 heavy (non-hydrogen) atoms.